The first-order valence-corrected chi connectivity index (χ1v) is 10.3. The number of halogens is 3. The molecule has 172 valence electrons. The number of ether oxygens (including phenoxy) is 1. The first-order valence-electron chi connectivity index (χ1n) is 9.96. The van der Waals surface area contributed by atoms with Crippen molar-refractivity contribution in [1.29, 1.82) is 0 Å². The van der Waals surface area contributed by atoms with Gasteiger partial charge in [0.1, 0.15) is 10.7 Å². The molecule has 8 nitrogen and oxygen atoms in total. The molecule has 0 aromatic carbocycles. The van der Waals surface area contributed by atoms with E-state index >= 15 is 0 Å². The molecule has 3 heterocycles. The highest BCUT2D eigenvalue weighted by atomic mass is 35.5. The monoisotopic (exact) mass is 468 g/mol. The standard InChI is InChI=1S/C21H23ClF2N4O4/c1-12(13-8-16(22)19(27-9-13)32-11-21(2,23)24)28-10-15-14(20(28)31)4-6-25-17(15)18(30)26-5-3-7-29/h4,6,8-9,12,29H,3,5,7,10-11H2,1-2H3,(H,26,30). The van der Waals surface area contributed by atoms with E-state index in [4.69, 9.17) is 21.4 Å². The summed E-state index contributed by atoms with van der Waals surface area (Å²) in [6.45, 7) is 2.04. The van der Waals surface area contributed by atoms with Gasteiger partial charge in [0.25, 0.3) is 17.7 Å². The van der Waals surface area contributed by atoms with Crippen LogP contribution in [0.1, 0.15) is 58.3 Å². The molecular formula is C21H23ClF2N4O4. The van der Waals surface area contributed by atoms with E-state index in [0.717, 1.165) is 6.92 Å². The van der Waals surface area contributed by atoms with Crippen LogP contribution in [0.4, 0.5) is 8.78 Å². The third kappa shape index (κ3) is 5.31. The first-order chi connectivity index (χ1) is 15.1. The molecule has 0 aliphatic carbocycles. The van der Waals surface area contributed by atoms with Crippen molar-refractivity contribution in [1.82, 2.24) is 20.2 Å². The molecule has 1 aliphatic rings. The summed E-state index contributed by atoms with van der Waals surface area (Å²) < 4.78 is 31.0. The molecule has 3 rings (SSSR count). The van der Waals surface area contributed by atoms with Crippen molar-refractivity contribution in [3.05, 3.63) is 51.9 Å². The van der Waals surface area contributed by atoms with Crippen molar-refractivity contribution in [3.8, 4) is 5.88 Å². The number of amides is 2. The Hall–Kier alpha value is -2.85. The van der Waals surface area contributed by atoms with Crippen LogP contribution in [0.25, 0.3) is 0 Å². The zero-order valence-corrected chi connectivity index (χ0v) is 18.3. The van der Waals surface area contributed by atoms with Crippen molar-refractivity contribution in [2.45, 2.75) is 38.8 Å². The third-order valence-corrected chi connectivity index (χ3v) is 5.22. The fourth-order valence-electron chi connectivity index (χ4n) is 3.27. The summed E-state index contributed by atoms with van der Waals surface area (Å²) >= 11 is 6.15. The Kier molecular flexibility index (Phi) is 7.25. The number of aliphatic hydroxyl groups excluding tert-OH is 1. The van der Waals surface area contributed by atoms with Crippen LogP contribution < -0.4 is 10.1 Å². The molecule has 11 heteroatoms. The van der Waals surface area contributed by atoms with Gasteiger partial charge >= 0.3 is 0 Å². The number of pyridine rings is 2. The van der Waals surface area contributed by atoms with Gasteiger partial charge in [-0.05, 0) is 31.0 Å². The van der Waals surface area contributed by atoms with Crippen LogP contribution in [0.2, 0.25) is 5.02 Å². The molecule has 0 saturated heterocycles. The Balaban J connectivity index is 1.77. The Morgan fingerprint density at radius 3 is 2.84 bits per heavy atom. The molecule has 0 spiro atoms. The number of aliphatic hydroxyl groups is 1. The van der Waals surface area contributed by atoms with Crippen molar-refractivity contribution in [2.24, 2.45) is 0 Å². The molecule has 2 N–H and O–H groups in total. The highest BCUT2D eigenvalue weighted by Crippen LogP contribution is 2.34. The number of rotatable bonds is 9. The van der Waals surface area contributed by atoms with Gasteiger partial charge in [-0.3, -0.25) is 14.6 Å². The van der Waals surface area contributed by atoms with Crippen molar-refractivity contribution in [2.75, 3.05) is 19.8 Å². The van der Waals surface area contributed by atoms with Gasteiger partial charge in [-0.15, -0.1) is 0 Å². The van der Waals surface area contributed by atoms with Crippen LogP contribution in [0, 0.1) is 0 Å². The Morgan fingerprint density at radius 1 is 1.44 bits per heavy atom. The fraction of sp³-hybridized carbons (Fsp3) is 0.429. The van der Waals surface area contributed by atoms with Gasteiger partial charge in [-0.2, -0.15) is 0 Å². The molecule has 0 saturated carbocycles. The molecule has 2 amide bonds. The van der Waals surface area contributed by atoms with E-state index in [2.05, 4.69) is 15.3 Å². The number of hydrogen-bond donors (Lipinski definition) is 2. The SMILES string of the molecule is CC(c1cnc(OCC(C)(F)F)c(Cl)c1)N1Cc2c(ccnc2C(=O)NCCCO)C1=O. The molecule has 1 aliphatic heterocycles. The summed E-state index contributed by atoms with van der Waals surface area (Å²) in [5.41, 5.74) is 1.62. The average Bonchev–Trinajstić information content (AvgIpc) is 3.08. The van der Waals surface area contributed by atoms with Gasteiger partial charge in [0, 0.05) is 50.1 Å². The lowest BCUT2D eigenvalue weighted by molar-refractivity contribution is -0.0242. The van der Waals surface area contributed by atoms with Crippen LogP contribution in [-0.4, -0.2) is 57.5 Å². The number of hydrogen-bond acceptors (Lipinski definition) is 6. The molecule has 1 unspecified atom stereocenters. The predicted octanol–water partition coefficient (Wildman–Crippen LogP) is 2.99. The van der Waals surface area contributed by atoms with Gasteiger partial charge in [0.15, 0.2) is 6.61 Å². The number of nitrogens with one attached hydrogen (secondary N) is 1. The van der Waals surface area contributed by atoms with Gasteiger partial charge in [0.2, 0.25) is 5.88 Å². The maximum Gasteiger partial charge on any atom is 0.278 e. The fourth-order valence-corrected chi connectivity index (χ4v) is 3.50. The number of nitrogens with zero attached hydrogens (tertiary/aromatic N) is 3. The maximum absolute atomic E-state index is 13.0. The minimum absolute atomic E-state index is 0.0494. The second-order valence-corrected chi connectivity index (χ2v) is 7.95. The van der Waals surface area contributed by atoms with Crippen LogP contribution in [-0.2, 0) is 6.54 Å². The molecule has 2 aromatic rings. The normalized spacial score (nSPS) is 14.3. The minimum Gasteiger partial charge on any atom is -0.470 e. The summed E-state index contributed by atoms with van der Waals surface area (Å²) in [5.74, 6) is -3.84. The van der Waals surface area contributed by atoms with E-state index in [9.17, 15) is 18.4 Å². The maximum atomic E-state index is 13.0. The molecule has 0 fully saturated rings. The number of carbonyl (C=O) groups excluding carboxylic acids is 2. The van der Waals surface area contributed by atoms with Crippen molar-refractivity contribution < 1.29 is 28.2 Å². The minimum atomic E-state index is -3.03. The number of fused-ring (bicyclic) bond motifs is 1. The first kappa shape index (κ1) is 23.8. The molecule has 2 aromatic heterocycles. The quantitative estimate of drug-likeness (QED) is 0.548. The number of aromatic nitrogens is 2. The van der Waals surface area contributed by atoms with E-state index in [1.807, 2.05) is 0 Å². The Morgan fingerprint density at radius 2 is 2.19 bits per heavy atom. The Labute approximate surface area is 188 Å². The van der Waals surface area contributed by atoms with E-state index in [1.165, 1.54) is 18.5 Å². The summed E-state index contributed by atoms with van der Waals surface area (Å²) in [7, 11) is 0. The lowest BCUT2D eigenvalue weighted by Crippen LogP contribution is -2.28. The second kappa shape index (κ2) is 9.74. The summed E-state index contributed by atoms with van der Waals surface area (Å²) in [6, 6.07) is 2.60. The third-order valence-electron chi connectivity index (χ3n) is 4.95. The zero-order valence-electron chi connectivity index (χ0n) is 17.6. The Bertz CT molecular complexity index is 1020. The average molecular weight is 469 g/mol. The van der Waals surface area contributed by atoms with Crippen LogP contribution in [0.3, 0.4) is 0 Å². The van der Waals surface area contributed by atoms with E-state index in [-0.39, 0.29) is 42.2 Å². The van der Waals surface area contributed by atoms with Gasteiger partial charge in [-0.25, -0.2) is 13.8 Å². The van der Waals surface area contributed by atoms with Gasteiger partial charge in [0.05, 0.1) is 6.04 Å². The van der Waals surface area contributed by atoms with Crippen LogP contribution in [0.5, 0.6) is 5.88 Å². The summed E-state index contributed by atoms with van der Waals surface area (Å²) in [5, 5.41) is 11.6. The highest BCUT2D eigenvalue weighted by molar-refractivity contribution is 6.31. The molecule has 0 bridgehead atoms. The largest absolute Gasteiger partial charge is 0.470 e. The van der Waals surface area contributed by atoms with Crippen LogP contribution in [0.15, 0.2) is 24.5 Å². The van der Waals surface area contributed by atoms with E-state index < -0.39 is 24.5 Å². The number of carbonyl (C=O) groups is 2. The summed E-state index contributed by atoms with van der Waals surface area (Å²) in [6.07, 6.45) is 3.23. The summed E-state index contributed by atoms with van der Waals surface area (Å²) in [4.78, 5) is 35.1. The van der Waals surface area contributed by atoms with Crippen molar-refractivity contribution in [3.63, 3.8) is 0 Å². The zero-order chi connectivity index (χ0) is 23.5. The highest BCUT2D eigenvalue weighted by Gasteiger charge is 2.35. The van der Waals surface area contributed by atoms with Gasteiger partial charge in [-0.1, -0.05) is 11.6 Å². The number of alkyl halides is 2. The van der Waals surface area contributed by atoms with E-state index in [1.54, 1.807) is 17.9 Å². The molecule has 0 radical (unpaired) electrons. The lowest BCUT2D eigenvalue weighted by Gasteiger charge is -2.25. The van der Waals surface area contributed by atoms with Crippen molar-refractivity contribution >= 4 is 23.4 Å². The molecular weight excluding hydrogens is 446 g/mol. The predicted molar refractivity (Wildman–Crippen MR) is 112 cm³/mol. The second-order valence-electron chi connectivity index (χ2n) is 7.54. The van der Waals surface area contributed by atoms with E-state index in [0.29, 0.717) is 23.1 Å². The van der Waals surface area contributed by atoms with Gasteiger partial charge < -0.3 is 20.1 Å². The topological polar surface area (TPSA) is 105 Å². The lowest BCUT2D eigenvalue weighted by atomic mass is 10.1. The van der Waals surface area contributed by atoms with Crippen LogP contribution >= 0.6 is 11.6 Å². The smallest absolute Gasteiger partial charge is 0.278 e. The molecule has 32 heavy (non-hydrogen) atoms. The molecule has 1 atom stereocenters.